The van der Waals surface area contributed by atoms with E-state index in [1.807, 2.05) is 0 Å². The molecule has 5 nitrogen and oxygen atoms in total. The van der Waals surface area contributed by atoms with Crippen molar-refractivity contribution in [1.29, 1.82) is 0 Å². The van der Waals surface area contributed by atoms with Gasteiger partial charge in [-0.1, -0.05) is 18.2 Å². The lowest BCUT2D eigenvalue weighted by atomic mass is 9.68. The summed E-state index contributed by atoms with van der Waals surface area (Å²) in [7, 11) is 0. The molecule has 2 aliphatic carbocycles. The molecule has 0 N–H and O–H groups in total. The minimum atomic E-state index is -4.39. The van der Waals surface area contributed by atoms with Gasteiger partial charge in [0.25, 0.3) is 0 Å². The number of aromatic nitrogens is 2. The third-order valence-electron chi connectivity index (χ3n) is 7.10. The van der Waals surface area contributed by atoms with Crippen molar-refractivity contribution in [2.24, 2.45) is 17.8 Å². The smallest absolute Gasteiger partial charge is 0.416 e. The van der Waals surface area contributed by atoms with Crippen molar-refractivity contribution >= 4 is 5.91 Å². The Morgan fingerprint density at radius 3 is 2.48 bits per heavy atom. The van der Waals surface area contributed by atoms with Crippen molar-refractivity contribution in [3.05, 3.63) is 47.2 Å². The predicted octanol–water partition coefficient (Wildman–Crippen LogP) is 4.65. The molecule has 4 fully saturated rings. The molecule has 4 bridgehead atoms. The van der Waals surface area contributed by atoms with Gasteiger partial charge in [0.05, 0.1) is 12.0 Å². The number of hydrogen-bond donors (Lipinski definition) is 0. The zero-order valence-electron chi connectivity index (χ0n) is 17.3. The van der Waals surface area contributed by atoms with Crippen LogP contribution in [0.5, 0.6) is 0 Å². The molecule has 1 aromatic carbocycles. The average molecular weight is 433 g/mol. The maximum Gasteiger partial charge on any atom is 0.416 e. The number of fused-ring (bicyclic) bond motifs is 1. The molecule has 6 rings (SSSR count). The highest BCUT2D eigenvalue weighted by atomic mass is 19.4. The molecule has 8 heteroatoms. The molecule has 1 amide bonds. The molecule has 166 valence electrons. The highest BCUT2D eigenvalue weighted by Crippen LogP contribution is 2.47. The van der Waals surface area contributed by atoms with Crippen LogP contribution in [-0.2, 0) is 23.8 Å². The Hall–Kier alpha value is -2.38. The summed E-state index contributed by atoms with van der Waals surface area (Å²) >= 11 is 0. The predicted molar refractivity (Wildman–Crippen MR) is 106 cm³/mol. The third-order valence-corrected chi connectivity index (χ3v) is 7.10. The maximum atomic E-state index is 12.9. The summed E-state index contributed by atoms with van der Waals surface area (Å²) in [5.74, 6) is 2.98. The summed E-state index contributed by atoms with van der Waals surface area (Å²) < 4.78 is 44.3. The number of benzene rings is 1. The highest BCUT2D eigenvalue weighted by molar-refractivity contribution is 5.76. The van der Waals surface area contributed by atoms with E-state index in [2.05, 4.69) is 15.1 Å². The van der Waals surface area contributed by atoms with Gasteiger partial charge in [-0.15, -0.1) is 10.2 Å². The van der Waals surface area contributed by atoms with E-state index < -0.39 is 11.7 Å². The van der Waals surface area contributed by atoms with Crippen LogP contribution in [0.2, 0.25) is 0 Å². The summed E-state index contributed by atoms with van der Waals surface area (Å²) in [6.45, 7) is 0.876. The minimum absolute atomic E-state index is 0.128. The minimum Gasteiger partial charge on any atom is -0.425 e. The zero-order chi connectivity index (χ0) is 21.6. The Balaban J connectivity index is 1.18. The van der Waals surface area contributed by atoms with Gasteiger partial charge in [0, 0.05) is 25.4 Å². The van der Waals surface area contributed by atoms with Gasteiger partial charge in [-0.2, -0.15) is 13.2 Å². The van der Waals surface area contributed by atoms with Gasteiger partial charge in [-0.3, -0.25) is 4.79 Å². The average Bonchev–Trinajstić information content (AvgIpc) is 3.06. The number of carbonyl (C=O) groups excluding carboxylic acids is 1. The topological polar surface area (TPSA) is 59.2 Å². The molecule has 4 aliphatic rings. The number of rotatable bonds is 5. The van der Waals surface area contributed by atoms with Crippen LogP contribution in [0.15, 0.2) is 28.7 Å². The van der Waals surface area contributed by atoms with Crippen LogP contribution in [0.25, 0.3) is 0 Å². The van der Waals surface area contributed by atoms with Gasteiger partial charge in [0.2, 0.25) is 17.7 Å². The van der Waals surface area contributed by atoms with E-state index in [0.717, 1.165) is 43.4 Å². The molecular weight excluding hydrogens is 407 g/mol. The van der Waals surface area contributed by atoms with E-state index in [1.54, 1.807) is 6.07 Å². The van der Waals surface area contributed by atoms with Crippen molar-refractivity contribution in [2.75, 3.05) is 6.54 Å². The van der Waals surface area contributed by atoms with Crippen LogP contribution >= 0.6 is 0 Å². The highest BCUT2D eigenvalue weighted by Gasteiger charge is 2.43. The zero-order valence-corrected chi connectivity index (χ0v) is 17.3. The monoisotopic (exact) mass is 433 g/mol. The standard InChI is InChI=1S/C23H26F3N3O2/c24-23(25,26)18-3-1-2-14(9-18)12-21-28-27-20(31-21)4-5-22(30)29-13-17-7-15-6-16(8-17)11-19(29)10-15/h1-3,9,15-17,19H,4-8,10-13H2/t15-,16+,17?,19?. The second kappa shape index (κ2) is 7.95. The van der Waals surface area contributed by atoms with Crippen LogP contribution in [0.4, 0.5) is 13.2 Å². The van der Waals surface area contributed by atoms with Gasteiger partial charge >= 0.3 is 6.18 Å². The Kier molecular flexibility index (Phi) is 5.26. The van der Waals surface area contributed by atoms with Crippen LogP contribution < -0.4 is 0 Å². The van der Waals surface area contributed by atoms with E-state index in [4.69, 9.17) is 4.42 Å². The molecule has 0 radical (unpaired) electrons. The number of hydrogen-bond acceptors (Lipinski definition) is 4. The Morgan fingerprint density at radius 2 is 1.74 bits per heavy atom. The molecule has 1 aromatic heterocycles. The first-order valence-corrected chi connectivity index (χ1v) is 11.1. The van der Waals surface area contributed by atoms with E-state index in [9.17, 15) is 18.0 Å². The lowest BCUT2D eigenvalue weighted by Crippen LogP contribution is -2.42. The van der Waals surface area contributed by atoms with Gasteiger partial charge in [-0.05, 0) is 61.5 Å². The first-order valence-electron chi connectivity index (χ1n) is 11.1. The first kappa shape index (κ1) is 20.5. The van der Waals surface area contributed by atoms with Crippen molar-refractivity contribution in [3.63, 3.8) is 0 Å². The number of nitrogens with zero attached hydrogens (tertiary/aromatic N) is 3. The number of amides is 1. The van der Waals surface area contributed by atoms with Crippen molar-refractivity contribution in [2.45, 2.75) is 63.6 Å². The second-order valence-electron chi connectivity index (χ2n) is 9.44. The molecule has 4 atom stereocenters. The Morgan fingerprint density at radius 1 is 1.03 bits per heavy atom. The summed E-state index contributed by atoms with van der Waals surface area (Å²) in [5, 5.41) is 7.95. The number of aryl methyl sites for hydroxylation is 1. The molecule has 3 heterocycles. The summed E-state index contributed by atoms with van der Waals surface area (Å²) in [6, 6.07) is 5.48. The summed E-state index contributed by atoms with van der Waals surface area (Å²) in [4.78, 5) is 15.0. The largest absolute Gasteiger partial charge is 0.425 e. The lowest BCUT2D eigenvalue weighted by molar-refractivity contribution is -0.137. The quantitative estimate of drug-likeness (QED) is 0.689. The van der Waals surface area contributed by atoms with Crippen molar-refractivity contribution < 1.29 is 22.4 Å². The number of carbonyl (C=O) groups is 1. The molecular formula is C23H26F3N3O2. The van der Waals surface area contributed by atoms with E-state index >= 15 is 0 Å². The van der Waals surface area contributed by atoms with Gasteiger partial charge in [0.15, 0.2) is 0 Å². The van der Waals surface area contributed by atoms with E-state index in [0.29, 0.717) is 36.3 Å². The molecule has 2 aromatic rings. The van der Waals surface area contributed by atoms with Crippen LogP contribution in [-0.4, -0.2) is 33.6 Å². The summed E-state index contributed by atoms with van der Waals surface area (Å²) in [6.07, 6.45) is 2.57. The summed E-state index contributed by atoms with van der Waals surface area (Å²) in [5.41, 5.74) is -0.243. The molecule has 2 unspecified atom stereocenters. The molecule has 2 saturated carbocycles. The van der Waals surface area contributed by atoms with Gasteiger partial charge in [-0.25, -0.2) is 0 Å². The third kappa shape index (κ3) is 4.48. The van der Waals surface area contributed by atoms with Crippen LogP contribution in [0.1, 0.15) is 61.4 Å². The van der Waals surface area contributed by atoms with Crippen LogP contribution in [0.3, 0.4) is 0 Å². The lowest BCUT2D eigenvalue weighted by Gasteiger charge is -2.39. The molecule has 2 saturated heterocycles. The Bertz CT molecular complexity index is 944. The SMILES string of the molecule is O=C(CCc1nnc(Cc2cccc(C(F)(F)F)c2)o1)N1CC2C[C@@H]3CC1C[C@H](C2)C3. The normalized spacial score (nSPS) is 27.5. The number of alkyl halides is 3. The Labute approximate surface area is 179 Å². The van der Waals surface area contributed by atoms with Gasteiger partial charge < -0.3 is 9.32 Å². The molecule has 31 heavy (non-hydrogen) atoms. The van der Waals surface area contributed by atoms with Crippen molar-refractivity contribution in [1.82, 2.24) is 15.1 Å². The molecule has 2 aliphatic heterocycles. The fourth-order valence-electron chi connectivity index (χ4n) is 5.94. The van der Waals surface area contributed by atoms with Crippen molar-refractivity contribution in [3.8, 4) is 0 Å². The first-order chi connectivity index (χ1) is 14.8. The second-order valence-corrected chi connectivity index (χ2v) is 9.44. The van der Waals surface area contributed by atoms with E-state index in [-0.39, 0.29) is 18.2 Å². The fraction of sp³-hybridized carbons (Fsp3) is 0.609. The van der Waals surface area contributed by atoms with E-state index in [1.165, 1.54) is 25.3 Å². The fourth-order valence-corrected chi connectivity index (χ4v) is 5.94. The van der Waals surface area contributed by atoms with Gasteiger partial charge in [0.1, 0.15) is 0 Å². The maximum absolute atomic E-state index is 12.9. The van der Waals surface area contributed by atoms with Crippen LogP contribution in [0, 0.1) is 17.8 Å². The molecule has 0 spiro atoms. The number of halogens is 3.